The van der Waals surface area contributed by atoms with Crippen LogP contribution in [-0.2, 0) is 15.9 Å². The van der Waals surface area contributed by atoms with Crippen molar-refractivity contribution in [1.82, 2.24) is 14.6 Å². The van der Waals surface area contributed by atoms with E-state index in [0.29, 0.717) is 0 Å². The zero-order valence-corrected chi connectivity index (χ0v) is 10.7. The van der Waals surface area contributed by atoms with Gasteiger partial charge in [0.2, 0.25) is 0 Å². The van der Waals surface area contributed by atoms with E-state index in [2.05, 4.69) is 10.1 Å². The largest absolute Gasteiger partial charge is 0.374 e. The van der Waals surface area contributed by atoms with Crippen LogP contribution in [0.25, 0.3) is 5.52 Å². The molecule has 0 radical (unpaired) electrons. The maximum atomic E-state index is 10.6. The molecule has 2 aromatic heterocycles. The summed E-state index contributed by atoms with van der Waals surface area (Å²) in [6.07, 6.45) is 1.19. The van der Waals surface area contributed by atoms with E-state index in [1.165, 1.54) is 6.33 Å². The smallest absolute Gasteiger partial charge is 0.327 e. The molecule has 0 bridgehead atoms. The van der Waals surface area contributed by atoms with E-state index < -0.39 is 7.60 Å². The molecule has 7 nitrogen and oxygen atoms in total. The molecular weight excluding hydrogens is 257 g/mol. The molecule has 2 heterocycles. The fourth-order valence-electron chi connectivity index (χ4n) is 1.58. The Morgan fingerprint density at radius 3 is 2.94 bits per heavy atom. The van der Waals surface area contributed by atoms with Crippen LogP contribution in [0.5, 0.6) is 0 Å². The summed E-state index contributed by atoms with van der Waals surface area (Å²) in [5.41, 5.74) is 2.58. The highest BCUT2D eigenvalue weighted by Crippen LogP contribution is 2.33. The Labute approximate surface area is 104 Å². The lowest BCUT2D eigenvalue weighted by molar-refractivity contribution is 0.128. The Hall–Kier alpha value is -1.27. The van der Waals surface area contributed by atoms with E-state index in [4.69, 9.17) is 14.5 Å². The predicted molar refractivity (Wildman–Crippen MR) is 64.3 cm³/mol. The number of aromatic nitrogens is 3. The van der Waals surface area contributed by atoms with Crippen LogP contribution in [0.3, 0.4) is 0 Å². The molecule has 0 saturated carbocycles. The molecule has 0 amide bonds. The molecular formula is C10H14N3O4P. The summed E-state index contributed by atoms with van der Waals surface area (Å²) in [6, 6.07) is 3.74. The number of nitrogens with zero attached hydrogens (tertiary/aromatic N) is 3. The Morgan fingerprint density at radius 1 is 1.44 bits per heavy atom. The van der Waals surface area contributed by atoms with Gasteiger partial charge in [0.15, 0.2) is 0 Å². The highest BCUT2D eigenvalue weighted by atomic mass is 31.2. The molecule has 0 spiro atoms. The summed E-state index contributed by atoms with van der Waals surface area (Å²) in [5.74, 6) is 0. The minimum Gasteiger partial charge on any atom is -0.374 e. The van der Waals surface area contributed by atoms with Gasteiger partial charge in [-0.25, -0.2) is 9.50 Å². The standard InChI is InChI=1S/C10H14N3O4P/c1-8-10-3-2-9(13(10)12-7-11-8)6-17-4-5-18(14,15)16/h2-3,7H,4-6H2,1H3,(H2,14,15,16). The van der Waals surface area contributed by atoms with Crippen molar-refractivity contribution in [2.75, 3.05) is 12.8 Å². The monoisotopic (exact) mass is 271 g/mol. The van der Waals surface area contributed by atoms with Gasteiger partial charge in [0.05, 0.1) is 36.3 Å². The lowest BCUT2D eigenvalue weighted by Gasteiger charge is -2.06. The molecule has 0 atom stereocenters. The Balaban J connectivity index is 2.00. The van der Waals surface area contributed by atoms with Crippen molar-refractivity contribution in [3.8, 4) is 0 Å². The van der Waals surface area contributed by atoms with Crippen LogP contribution in [0.15, 0.2) is 18.5 Å². The van der Waals surface area contributed by atoms with Gasteiger partial charge in [0, 0.05) is 0 Å². The molecule has 0 aliphatic heterocycles. The zero-order valence-electron chi connectivity index (χ0n) is 9.85. The molecule has 0 aliphatic carbocycles. The molecule has 0 aromatic carbocycles. The van der Waals surface area contributed by atoms with Crippen molar-refractivity contribution in [3.63, 3.8) is 0 Å². The van der Waals surface area contributed by atoms with Crippen molar-refractivity contribution in [2.24, 2.45) is 0 Å². The van der Waals surface area contributed by atoms with E-state index in [9.17, 15) is 4.57 Å². The van der Waals surface area contributed by atoms with Gasteiger partial charge >= 0.3 is 7.60 Å². The maximum Gasteiger partial charge on any atom is 0.327 e. The number of fused-ring (bicyclic) bond motifs is 1. The summed E-state index contributed by atoms with van der Waals surface area (Å²) >= 11 is 0. The first-order chi connectivity index (χ1) is 8.47. The average molecular weight is 271 g/mol. The third kappa shape index (κ3) is 3.14. The van der Waals surface area contributed by atoms with Gasteiger partial charge in [0.25, 0.3) is 0 Å². The Bertz CT molecular complexity index is 592. The second kappa shape index (κ2) is 5.16. The van der Waals surface area contributed by atoms with Crippen molar-refractivity contribution < 1.29 is 19.1 Å². The maximum absolute atomic E-state index is 10.6. The average Bonchev–Trinajstić information content (AvgIpc) is 2.68. The first-order valence-corrected chi connectivity index (χ1v) is 7.18. The molecule has 2 aromatic rings. The molecule has 98 valence electrons. The van der Waals surface area contributed by atoms with Crippen LogP contribution in [0.4, 0.5) is 0 Å². The van der Waals surface area contributed by atoms with E-state index >= 15 is 0 Å². The first-order valence-electron chi connectivity index (χ1n) is 5.38. The highest BCUT2D eigenvalue weighted by molar-refractivity contribution is 7.51. The second-order valence-electron chi connectivity index (χ2n) is 3.91. The van der Waals surface area contributed by atoms with Gasteiger partial charge in [0.1, 0.15) is 6.33 Å². The van der Waals surface area contributed by atoms with Crippen molar-refractivity contribution in [3.05, 3.63) is 29.8 Å². The molecule has 2 N–H and O–H groups in total. The topological polar surface area (TPSA) is 97.0 Å². The van der Waals surface area contributed by atoms with Gasteiger partial charge in [-0.2, -0.15) is 5.10 Å². The minimum absolute atomic E-state index is 0.0155. The molecule has 0 unspecified atom stereocenters. The van der Waals surface area contributed by atoms with Crippen LogP contribution < -0.4 is 0 Å². The Morgan fingerprint density at radius 2 is 2.22 bits per heavy atom. The number of ether oxygens (including phenoxy) is 1. The summed E-state index contributed by atoms with van der Waals surface area (Å²) in [5, 5.41) is 4.10. The Kier molecular flexibility index (Phi) is 3.77. The molecule has 0 aliphatic rings. The number of aryl methyl sites for hydroxylation is 1. The summed E-state index contributed by atoms with van der Waals surface area (Å²) in [4.78, 5) is 21.5. The fourth-order valence-corrected chi connectivity index (χ4v) is 1.95. The van der Waals surface area contributed by atoms with Crippen LogP contribution in [0, 0.1) is 6.92 Å². The SMILES string of the molecule is Cc1ncnn2c(COCCP(=O)(O)O)ccc12. The first kappa shape index (κ1) is 13.2. The van der Waals surface area contributed by atoms with Crippen LogP contribution >= 0.6 is 7.60 Å². The summed E-state index contributed by atoms with van der Waals surface area (Å²) in [6.45, 7) is 2.15. The molecule has 0 fully saturated rings. The van der Waals surface area contributed by atoms with Crippen LogP contribution in [0.2, 0.25) is 0 Å². The van der Waals surface area contributed by atoms with Crippen molar-refractivity contribution >= 4 is 13.1 Å². The van der Waals surface area contributed by atoms with Gasteiger partial charge in [-0.05, 0) is 19.1 Å². The summed E-state index contributed by atoms with van der Waals surface area (Å²) in [7, 11) is -3.99. The normalized spacial score (nSPS) is 12.2. The van der Waals surface area contributed by atoms with Crippen molar-refractivity contribution in [2.45, 2.75) is 13.5 Å². The van der Waals surface area contributed by atoms with Gasteiger partial charge in [-0.3, -0.25) is 4.57 Å². The van der Waals surface area contributed by atoms with Gasteiger partial charge < -0.3 is 14.5 Å². The lowest BCUT2D eigenvalue weighted by Crippen LogP contribution is -2.05. The highest BCUT2D eigenvalue weighted by Gasteiger charge is 2.12. The third-order valence-corrected chi connectivity index (χ3v) is 3.27. The van der Waals surface area contributed by atoms with Gasteiger partial charge in [-0.15, -0.1) is 0 Å². The van der Waals surface area contributed by atoms with E-state index in [-0.39, 0.29) is 19.4 Å². The van der Waals surface area contributed by atoms with E-state index in [0.717, 1.165) is 16.9 Å². The zero-order chi connectivity index (χ0) is 13.2. The number of hydrogen-bond donors (Lipinski definition) is 2. The predicted octanol–water partition coefficient (Wildman–Crippen LogP) is 0.732. The van der Waals surface area contributed by atoms with E-state index in [1.807, 2.05) is 19.1 Å². The van der Waals surface area contributed by atoms with Crippen molar-refractivity contribution in [1.29, 1.82) is 0 Å². The molecule has 8 heteroatoms. The second-order valence-corrected chi connectivity index (χ2v) is 5.68. The molecule has 2 rings (SSSR count). The molecule has 18 heavy (non-hydrogen) atoms. The number of hydrogen-bond acceptors (Lipinski definition) is 4. The fraction of sp³-hybridized carbons (Fsp3) is 0.400. The van der Waals surface area contributed by atoms with Crippen LogP contribution in [-0.4, -0.2) is 37.2 Å². The minimum atomic E-state index is -3.99. The number of rotatable bonds is 5. The van der Waals surface area contributed by atoms with E-state index in [1.54, 1.807) is 4.52 Å². The van der Waals surface area contributed by atoms with Crippen LogP contribution in [0.1, 0.15) is 11.4 Å². The van der Waals surface area contributed by atoms with Gasteiger partial charge in [-0.1, -0.05) is 0 Å². The third-order valence-electron chi connectivity index (χ3n) is 2.50. The quantitative estimate of drug-likeness (QED) is 0.614. The molecule has 0 saturated heterocycles. The lowest BCUT2D eigenvalue weighted by atomic mass is 10.4. The summed E-state index contributed by atoms with van der Waals surface area (Å²) < 4.78 is 17.6.